The molecule has 2 aliphatic heterocycles. The minimum Gasteiger partial charge on any atom is -0.368 e. The second kappa shape index (κ2) is 4.49. The van der Waals surface area contributed by atoms with Crippen LogP contribution in [0.1, 0.15) is 32.6 Å². The topological polar surface area (TPSA) is 50.4 Å². The number of hydrogen-bond acceptors (Lipinski definition) is 3. The zero-order valence-electron chi connectivity index (χ0n) is 9.34. The minimum atomic E-state index is -0.199. The third kappa shape index (κ3) is 2.69. The van der Waals surface area contributed by atoms with Gasteiger partial charge in [-0.25, -0.2) is 0 Å². The van der Waals surface area contributed by atoms with E-state index in [1.54, 1.807) is 0 Å². The molecular formula is C11H20N2O2. The quantitative estimate of drug-likeness (QED) is 0.713. The average molecular weight is 212 g/mol. The molecule has 0 aromatic rings. The maximum atomic E-state index is 11.7. The molecule has 0 aromatic heterocycles. The van der Waals surface area contributed by atoms with Crippen LogP contribution < -0.4 is 10.6 Å². The summed E-state index contributed by atoms with van der Waals surface area (Å²) >= 11 is 0. The van der Waals surface area contributed by atoms with E-state index in [9.17, 15) is 4.79 Å². The van der Waals surface area contributed by atoms with Crippen molar-refractivity contribution in [2.75, 3.05) is 19.7 Å². The molecule has 2 fully saturated rings. The normalized spacial score (nSPS) is 35.7. The molecule has 0 aliphatic carbocycles. The zero-order chi connectivity index (χ0) is 10.7. The van der Waals surface area contributed by atoms with Crippen LogP contribution in [0.15, 0.2) is 0 Å². The van der Waals surface area contributed by atoms with E-state index in [1.807, 2.05) is 0 Å². The van der Waals surface area contributed by atoms with Crippen LogP contribution in [-0.2, 0) is 9.53 Å². The molecule has 2 atom stereocenters. The van der Waals surface area contributed by atoms with Crippen molar-refractivity contribution in [2.45, 2.75) is 44.2 Å². The summed E-state index contributed by atoms with van der Waals surface area (Å²) in [5.41, 5.74) is 0.0915. The first-order valence-electron chi connectivity index (χ1n) is 5.84. The van der Waals surface area contributed by atoms with E-state index < -0.39 is 0 Å². The van der Waals surface area contributed by atoms with Gasteiger partial charge in [0.1, 0.15) is 6.10 Å². The molecule has 1 amide bonds. The van der Waals surface area contributed by atoms with Crippen molar-refractivity contribution in [3.8, 4) is 0 Å². The molecule has 0 aromatic carbocycles. The maximum absolute atomic E-state index is 11.7. The monoisotopic (exact) mass is 212 g/mol. The maximum Gasteiger partial charge on any atom is 0.249 e. The highest BCUT2D eigenvalue weighted by molar-refractivity contribution is 5.81. The van der Waals surface area contributed by atoms with E-state index in [0.717, 1.165) is 32.4 Å². The van der Waals surface area contributed by atoms with Crippen LogP contribution >= 0.6 is 0 Å². The number of hydrogen-bond donors (Lipinski definition) is 2. The van der Waals surface area contributed by atoms with E-state index in [-0.39, 0.29) is 17.6 Å². The van der Waals surface area contributed by atoms with E-state index in [4.69, 9.17) is 4.74 Å². The fourth-order valence-corrected chi connectivity index (χ4v) is 2.29. The summed E-state index contributed by atoms with van der Waals surface area (Å²) in [4.78, 5) is 11.7. The lowest BCUT2D eigenvalue weighted by Gasteiger charge is -2.25. The second-order valence-electron chi connectivity index (χ2n) is 4.81. The van der Waals surface area contributed by atoms with Gasteiger partial charge in [0, 0.05) is 18.7 Å². The summed E-state index contributed by atoms with van der Waals surface area (Å²) < 4.78 is 5.33. The molecule has 2 aliphatic rings. The summed E-state index contributed by atoms with van der Waals surface area (Å²) in [6.07, 6.45) is 4.02. The van der Waals surface area contributed by atoms with Gasteiger partial charge in [0.05, 0.1) is 0 Å². The number of carbonyl (C=O) groups is 1. The first kappa shape index (κ1) is 10.9. The van der Waals surface area contributed by atoms with Gasteiger partial charge in [-0.2, -0.15) is 0 Å². The predicted molar refractivity (Wildman–Crippen MR) is 57.6 cm³/mol. The molecule has 0 radical (unpaired) electrons. The van der Waals surface area contributed by atoms with Crippen molar-refractivity contribution in [2.24, 2.45) is 0 Å². The molecule has 2 rings (SSSR count). The lowest BCUT2D eigenvalue weighted by Crippen LogP contribution is -2.49. The van der Waals surface area contributed by atoms with Crippen LogP contribution in [0, 0.1) is 0 Å². The standard InChI is InChI=1S/C11H20N2O2/c1-11(5-3-6-13-11)8-12-10(14)9-4-2-7-15-9/h9,13H,2-8H2,1H3,(H,12,14). The Morgan fingerprint density at radius 2 is 2.47 bits per heavy atom. The molecule has 15 heavy (non-hydrogen) atoms. The Balaban J connectivity index is 1.74. The minimum absolute atomic E-state index is 0.0578. The van der Waals surface area contributed by atoms with Crippen molar-refractivity contribution in [1.82, 2.24) is 10.6 Å². The van der Waals surface area contributed by atoms with Gasteiger partial charge in [0.2, 0.25) is 5.91 Å². The SMILES string of the molecule is CC1(CNC(=O)C2CCCO2)CCCN1. The third-order valence-electron chi connectivity index (χ3n) is 3.33. The molecule has 2 unspecified atom stereocenters. The molecule has 86 valence electrons. The number of nitrogens with one attached hydrogen (secondary N) is 2. The van der Waals surface area contributed by atoms with Crippen molar-refractivity contribution in [3.63, 3.8) is 0 Å². The number of carbonyl (C=O) groups excluding carboxylic acids is 1. The average Bonchev–Trinajstić information content (AvgIpc) is 2.85. The van der Waals surface area contributed by atoms with Gasteiger partial charge in [0.25, 0.3) is 0 Å². The molecule has 4 nitrogen and oxygen atoms in total. The van der Waals surface area contributed by atoms with Crippen molar-refractivity contribution < 1.29 is 9.53 Å². The molecule has 4 heteroatoms. The van der Waals surface area contributed by atoms with Crippen LogP contribution in [0.25, 0.3) is 0 Å². The highest BCUT2D eigenvalue weighted by Crippen LogP contribution is 2.18. The van der Waals surface area contributed by atoms with E-state index >= 15 is 0 Å². The largest absolute Gasteiger partial charge is 0.368 e. The van der Waals surface area contributed by atoms with Crippen molar-refractivity contribution in [3.05, 3.63) is 0 Å². The number of rotatable bonds is 3. The van der Waals surface area contributed by atoms with Crippen LogP contribution in [0.2, 0.25) is 0 Å². The van der Waals surface area contributed by atoms with Gasteiger partial charge >= 0.3 is 0 Å². The Morgan fingerprint density at radius 3 is 3.07 bits per heavy atom. The first-order valence-corrected chi connectivity index (χ1v) is 5.84. The molecule has 2 heterocycles. The Labute approximate surface area is 90.8 Å². The fraction of sp³-hybridized carbons (Fsp3) is 0.909. The van der Waals surface area contributed by atoms with Crippen molar-refractivity contribution >= 4 is 5.91 Å². The van der Waals surface area contributed by atoms with Crippen LogP contribution in [0.4, 0.5) is 0 Å². The predicted octanol–water partition coefficient (Wildman–Crippen LogP) is 0.424. The van der Waals surface area contributed by atoms with Gasteiger partial charge in [0.15, 0.2) is 0 Å². The summed E-state index contributed by atoms with van der Waals surface area (Å²) in [5, 5.41) is 6.40. The first-order chi connectivity index (χ1) is 7.20. The summed E-state index contributed by atoms with van der Waals surface area (Å²) in [6.45, 7) is 4.67. The summed E-state index contributed by atoms with van der Waals surface area (Å²) in [6, 6.07) is 0. The van der Waals surface area contributed by atoms with Crippen LogP contribution in [-0.4, -0.2) is 37.2 Å². The molecule has 2 saturated heterocycles. The summed E-state index contributed by atoms with van der Waals surface area (Å²) in [5.74, 6) is 0.0578. The Kier molecular flexibility index (Phi) is 3.26. The highest BCUT2D eigenvalue weighted by Gasteiger charge is 2.30. The van der Waals surface area contributed by atoms with Crippen molar-refractivity contribution in [1.29, 1.82) is 0 Å². The molecule has 0 saturated carbocycles. The lowest BCUT2D eigenvalue weighted by molar-refractivity contribution is -0.130. The molecule has 0 bridgehead atoms. The second-order valence-corrected chi connectivity index (χ2v) is 4.81. The Bertz CT molecular complexity index is 231. The fourth-order valence-electron chi connectivity index (χ4n) is 2.29. The van der Waals surface area contributed by atoms with E-state index in [1.165, 1.54) is 6.42 Å². The lowest BCUT2D eigenvalue weighted by atomic mass is 10.0. The number of amides is 1. The van der Waals surface area contributed by atoms with Gasteiger partial charge in [-0.15, -0.1) is 0 Å². The molecule has 0 spiro atoms. The number of ether oxygens (including phenoxy) is 1. The van der Waals surface area contributed by atoms with Crippen LogP contribution in [0.5, 0.6) is 0 Å². The van der Waals surface area contributed by atoms with Gasteiger partial charge in [-0.1, -0.05) is 0 Å². The Morgan fingerprint density at radius 1 is 1.60 bits per heavy atom. The van der Waals surface area contributed by atoms with E-state index in [2.05, 4.69) is 17.6 Å². The highest BCUT2D eigenvalue weighted by atomic mass is 16.5. The summed E-state index contributed by atoms with van der Waals surface area (Å²) in [7, 11) is 0. The van der Waals surface area contributed by atoms with Gasteiger partial charge in [-0.05, 0) is 39.2 Å². The van der Waals surface area contributed by atoms with Crippen LogP contribution in [0.3, 0.4) is 0 Å². The molecule has 2 N–H and O–H groups in total. The van der Waals surface area contributed by atoms with Gasteiger partial charge in [-0.3, -0.25) is 4.79 Å². The molecular weight excluding hydrogens is 192 g/mol. The smallest absolute Gasteiger partial charge is 0.249 e. The van der Waals surface area contributed by atoms with E-state index in [0.29, 0.717) is 6.54 Å². The van der Waals surface area contributed by atoms with Gasteiger partial charge < -0.3 is 15.4 Å². The zero-order valence-corrected chi connectivity index (χ0v) is 9.34. The Hall–Kier alpha value is -0.610. The third-order valence-corrected chi connectivity index (χ3v) is 3.33.